The molecule has 1 heterocycles. The zero-order valence-electron chi connectivity index (χ0n) is 13.0. The number of hydrogen-bond donors (Lipinski definition) is 0. The van der Waals surface area contributed by atoms with Gasteiger partial charge in [0.05, 0.1) is 12.5 Å². The van der Waals surface area contributed by atoms with Crippen LogP contribution in [-0.2, 0) is 19.1 Å². The molecule has 21 heavy (non-hydrogen) atoms. The first kappa shape index (κ1) is 17.2. The van der Waals surface area contributed by atoms with Gasteiger partial charge in [0.15, 0.2) is 0 Å². The molecule has 6 heteroatoms. The summed E-state index contributed by atoms with van der Waals surface area (Å²) in [5.41, 5.74) is 0. The van der Waals surface area contributed by atoms with Gasteiger partial charge in [0.25, 0.3) is 0 Å². The third-order valence-corrected chi connectivity index (χ3v) is 3.42. The lowest BCUT2D eigenvalue weighted by atomic mass is 10.1. The number of esters is 1. The Morgan fingerprint density at radius 1 is 1.52 bits per heavy atom. The Balaban J connectivity index is 2.71. The van der Waals surface area contributed by atoms with E-state index in [2.05, 4.69) is 6.58 Å². The first-order valence-corrected chi connectivity index (χ1v) is 7.25. The lowest BCUT2D eigenvalue weighted by Gasteiger charge is -2.24. The van der Waals surface area contributed by atoms with E-state index in [1.807, 2.05) is 13.8 Å². The van der Waals surface area contributed by atoms with Crippen molar-refractivity contribution in [2.24, 2.45) is 5.92 Å². The average Bonchev–Trinajstić information content (AvgIpc) is 2.80. The minimum absolute atomic E-state index is 0.0157. The maximum absolute atomic E-state index is 12.5. The van der Waals surface area contributed by atoms with Gasteiger partial charge in [0.2, 0.25) is 11.8 Å². The van der Waals surface area contributed by atoms with Crippen LogP contribution in [0.2, 0.25) is 0 Å². The van der Waals surface area contributed by atoms with Crippen LogP contribution >= 0.6 is 0 Å². The summed E-state index contributed by atoms with van der Waals surface area (Å²) in [7, 11) is 0. The fourth-order valence-electron chi connectivity index (χ4n) is 2.40. The molecule has 0 aliphatic carbocycles. The fraction of sp³-hybridized carbons (Fsp3) is 0.667. The number of nitrogens with zero attached hydrogens (tertiary/aromatic N) is 2. The highest BCUT2D eigenvalue weighted by Crippen LogP contribution is 2.22. The highest BCUT2D eigenvalue weighted by molar-refractivity contribution is 5.91. The lowest BCUT2D eigenvalue weighted by Crippen LogP contribution is -2.41. The molecule has 1 rings (SSSR count). The molecule has 118 valence electrons. The molecule has 1 unspecified atom stereocenters. The van der Waals surface area contributed by atoms with Gasteiger partial charge < -0.3 is 14.5 Å². The third kappa shape index (κ3) is 4.58. The van der Waals surface area contributed by atoms with Gasteiger partial charge in [0, 0.05) is 25.6 Å². The SMILES string of the molecule is C=CCN(CC(=O)OCC)C(=O)C1CC(=O)N(C(C)C)C1. The Bertz CT molecular complexity index is 420. The van der Waals surface area contributed by atoms with Gasteiger partial charge in [0.1, 0.15) is 6.54 Å². The van der Waals surface area contributed by atoms with E-state index in [1.54, 1.807) is 17.9 Å². The van der Waals surface area contributed by atoms with Crippen LogP contribution < -0.4 is 0 Å². The number of amides is 2. The second kappa shape index (κ2) is 7.81. The number of likely N-dealkylation sites (tertiary alicyclic amines) is 1. The third-order valence-electron chi connectivity index (χ3n) is 3.42. The summed E-state index contributed by atoms with van der Waals surface area (Å²) in [5.74, 6) is -1.05. The van der Waals surface area contributed by atoms with Crippen LogP contribution in [0.25, 0.3) is 0 Å². The molecule has 6 nitrogen and oxygen atoms in total. The first-order chi connectivity index (χ1) is 9.90. The molecule has 0 spiro atoms. The van der Waals surface area contributed by atoms with Gasteiger partial charge in [-0.15, -0.1) is 6.58 Å². The number of ether oxygens (including phenoxy) is 1. The van der Waals surface area contributed by atoms with Gasteiger partial charge in [-0.05, 0) is 20.8 Å². The van der Waals surface area contributed by atoms with E-state index in [4.69, 9.17) is 4.74 Å². The largest absolute Gasteiger partial charge is 0.465 e. The van der Waals surface area contributed by atoms with E-state index in [0.717, 1.165) is 0 Å². The predicted octanol–water partition coefficient (Wildman–Crippen LogP) is 0.821. The van der Waals surface area contributed by atoms with E-state index in [0.29, 0.717) is 6.54 Å². The van der Waals surface area contributed by atoms with Gasteiger partial charge in [-0.3, -0.25) is 14.4 Å². The summed E-state index contributed by atoms with van der Waals surface area (Å²) < 4.78 is 4.87. The van der Waals surface area contributed by atoms with Crippen molar-refractivity contribution in [1.82, 2.24) is 9.80 Å². The molecule has 0 aromatic heterocycles. The number of rotatable bonds is 7. The van der Waals surface area contributed by atoms with Gasteiger partial charge in [-0.25, -0.2) is 0 Å². The molecule has 0 bridgehead atoms. The molecule has 0 aromatic rings. The molecular weight excluding hydrogens is 272 g/mol. The summed E-state index contributed by atoms with van der Waals surface area (Å²) in [6.45, 7) is 10.0. The van der Waals surface area contributed by atoms with Crippen molar-refractivity contribution in [2.75, 3.05) is 26.2 Å². The molecular formula is C15H24N2O4. The van der Waals surface area contributed by atoms with Crippen molar-refractivity contribution < 1.29 is 19.1 Å². The molecule has 0 aromatic carbocycles. The Morgan fingerprint density at radius 3 is 2.67 bits per heavy atom. The minimum atomic E-state index is -0.447. The Morgan fingerprint density at radius 2 is 2.19 bits per heavy atom. The van der Waals surface area contributed by atoms with Crippen molar-refractivity contribution in [3.8, 4) is 0 Å². The fourth-order valence-corrected chi connectivity index (χ4v) is 2.40. The highest BCUT2D eigenvalue weighted by atomic mass is 16.5. The van der Waals surface area contributed by atoms with Crippen molar-refractivity contribution in [2.45, 2.75) is 33.2 Å². The smallest absolute Gasteiger partial charge is 0.325 e. The second-order valence-corrected chi connectivity index (χ2v) is 5.35. The topological polar surface area (TPSA) is 66.9 Å². The van der Waals surface area contributed by atoms with Gasteiger partial charge in [-0.1, -0.05) is 6.08 Å². The molecule has 1 fully saturated rings. The van der Waals surface area contributed by atoms with Crippen molar-refractivity contribution in [3.05, 3.63) is 12.7 Å². The summed E-state index contributed by atoms with van der Waals surface area (Å²) in [5, 5.41) is 0. The Kier molecular flexibility index (Phi) is 6.39. The van der Waals surface area contributed by atoms with Crippen LogP contribution in [0.3, 0.4) is 0 Å². The molecule has 0 radical (unpaired) electrons. The second-order valence-electron chi connectivity index (χ2n) is 5.35. The number of carbonyl (C=O) groups excluding carboxylic acids is 3. The zero-order chi connectivity index (χ0) is 16.0. The number of carbonyl (C=O) groups is 3. The summed E-state index contributed by atoms with van der Waals surface area (Å²) in [6, 6.07) is 0.0770. The normalized spacial score (nSPS) is 18.0. The quantitative estimate of drug-likeness (QED) is 0.515. The van der Waals surface area contributed by atoms with E-state index < -0.39 is 11.9 Å². The van der Waals surface area contributed by atoms with Crippen LogP contribution in [0.1, 0.15) is 27.2 Å². The minimum Gasteiger partial charge on any atom is -0.465 e. The standard InChI is InChI=1S/C15H24N2O4/c1-5-7-16(10-14(19)21-6-2)15(20)12-8-13(18)17(9-12)11(3)4/h5,11-12H,1,6-10H2,2-4H3. The molecule has 0 N–H and O–H groups in total. The van der Waals surface area contributed by atoms with Crippen LogP contribution in [-0.4, -0.2) is 59.9 Å². The van der Waals surface area contributed by atoms with Crippen LogP contribution in [0.15, 0.2) is 12.7 Å². The van der Waals surface area contributed by atoms with Crippen LogP contribution in [0.4, 0.5) is 0 Å². The monoisotopic (exact) mass is 296 g/mol. The first-order valence-electron chi connectivity index (χ1n) is 7.25. The van der Waals surface area contributed by atoms with E-state index >= 15 is 0 Å². The van der Waals surface area contributed by atoms with Crippen LogP contribution in [0.5, 0.6) is 0 Å². The molecule has 1 aliphatic rings. The average molecular weight is 296 g/mol. The predicted molar refractivity (Wildman–Crippen MR) is 78.4 cm³/mol. The summed E-state index contributed by atoms with van der Waals surface area (Å²) in [4.78, 5) is 39.0. The van der Waals surface area contributed by atoms with Crippen molar-refractivity contribution in [3.63, 3.8) is 0 Å². The maximum atomic E-state index is 12.5. The van der Waals surface area contributed by atoms with E-state index in [-0.39, 0.29) is 44.0 Å². The summed E-state index contributed by atoms with van der Waals surface area (Å²) in [6.07, 6.45) is 1.77. The van der Waals surface area contributed by atoms with E-state index in [1.165, 1.54) is 4.90 Å². The van der Waals surface area contributed by atoms with Crippen LogP contribution in [0, 0.1) is 5.92 Å². The van der Waals surface area contributed by atoms with E-state index in [9.17, 15) is 14.4 Å². The highest BCUT2D eigenvalue weighted by Gasteiger charge is 2.37. The van der Waals surface area contributed by atoms with Gasteiger partial charge in [-0.2, -0.15) is 0 Å². The molecule has 1 saturated heterocycles. The Hall–Kier alpha value is -1.85. The zero-order valence-corrected chi connectivity index (χ0v) is 13.0. The molecule has 1 atom stereocenters. The van der Waals surface area contributed by atoms with Crippen molar-refractivity contribution >= 4 is 17.8 Å². The molecule has 2 amide bonds. The maximum Gasteiger partial charge on any atom is 0.325 e. The Labute approximate surface area is 125 Å². The lowest BCUT2D eigenvalue weighted by molar-refractivity contribution is -0.149. The number of hydrogen-bond acceptors (Lipinski definition) is 4. The summed E-state index contributed by atoms with van der Waals surface area (Å²) >= 11 is 0. The molecule has 1 aliphatic heterocycles. The molecule has 0 saturated carbocycles. The van der Waals surface area contributed by atoms with Crippen molar-refractivity contribution in [1.29, 1.82) is 0 Å². The van der Waals surface area contributed by atoms with Gasteiger partial charge >= 0.3 is 5.97 Å².